The Labute approximate surface area is 120 Å². The van der Waals surface area contributed by atoms with Crippen molar-refractivity contribution in [3.8, 4) is 0 Å². The molecule has 0 aliphatic carbocycles. The van der Waals surface area contributed by atoms with Gasteiger partial charge in [-0.25, -0.2) is 0 Å². The van der Waals surface area contributed by atoms with Gasteiger partial charge in [-0.05, 0) is 24.8 Å². The number of carbonyl (C=O) groups is 1. The lowest BCUT2D eigenvalue weighted by Gasteiger charge is -2.33. The van der Waals surface area contributed by atoms with Gasteiger partial charge in [0.15, 0.2) is 5.82 Å². The number of nitrogens with zero attached hydrogens (tertiary/aromatic N) is 3. The van der Waals surface area contributed by atoms with E-state index in [4.69, 9.17) is 9.26 Å². The van der Waals surface area contributed by atoms with Crippen LogP contribution < -0.4 is 0 Å². The van der Waals surface area contributed by atoms with Crippen LogP contribution in [0.2, 0.25) is 0 Å². The predicted octanol–water partition coefficient (Wildman–Crippen LogP) is 1.96. The van der Waals surface area contributed by atoms with Crippen molar-refractivity contribution in [3.05, 3.63) is 33.6 Å². The molecule has 7 heteroatoms. The average molecular weight is 293 g/mol. The Bertz CT molecular complexity index is 622. The topological polar surface area (TPSA) is 68.5 Å². The summed E-state index contributed by atoms with van der Waals surface area (Å²) in [7, 11) is 0. The summed E-state index contributed by atoms with van der Waals surface area (Å²) >= 11 is 1.53. The molecule has 1 amide bonds. The molecular formula is C13H15N3O3S. The molecule has 3 heterocycles. The van der Waals surface area contributed by atoms with Crippen molar-refractivity contribution in [3.63, 3.8) is 0 Å². The summed E-state index contributed by atoms with van der Waals surface area (Å²) in [6, 6.07) is -0.309. The first-order valence-corrected chi connectivity index (χ1v) is 7.33. The van der Waals surface area contributed by atoms with Gasteiger partial charge in [0, 0.05) is 11.9 Å². The highest BCUT2D eigenvalue weighted by Gasteiger charge is 2.33. The third-order valence-corrected chi connectivity index (χ3v) is 4.17. The Morgan fingerprint density at radius 3 is 2.95 bits per heavy atom. The zero-order valence-electron chi connectivity index (χ0n) is 11.3. The lowest BCUT2D eigenvalue weighted by Crippen LogP contribution is -2.43. The van der Waals surface area contributed by atoms with Gasteiger partial charge in [-0.2, -0.15) is 16.3 Å². The van der Waals surface area contributed by atoms with Crippen LogP contribution in [0, 0.1) is 13.8 Å². The first-order valence-electron chi connectivity index (χ1n) is 6.38. The van der Waals surface area contributed by atoms with Crippen LogP contribution in [0.5, 0.6) is 0 Å². The molecule has 0 aromatic carbocycles. The van der Waals surface area contributed by atoms with Crippen molar-refractivity contribution in [1.29, 1.82) is 0 Å². The Balaban J connectivity index is 1.89. The van der Waals surface area contributed by atoms with Gasteiger partial charge in [-0.3, -0.25) is 4.79 Å². The van der Waals surface area contributed by atoms with Crippen molar-refractivity contribution >= 4 is 17.2 Å². The van der Waals surface area contributed by atoms with E-state index in [-0.39, 0.29) is 11.9 Å². The maximum atomic E-state index is 12.7. The number of aromatic nitrogens is 2. The molecule has 106 valence electrons. The summed E-state index contributed by atoms with van der Waals surface area (Å²) < 4.78 is 10.7. The molecule has 1 unspecified atom stereocenters. The fourth-order valence-corrected chi connectivity index (χ4v) is 3.06. The molecule has 2 aromatic heterocycles. The fourth-order valence-electron chi connectivity index (χ4n) is 2.23. The molecule has 1 fully saturated rings. The van der Waals surface area contributed by atoms with Crippen LogP contribution in [-0.4, -0.2) is 40.7 Å². The van der Waals surface area contributed by atoms with Crippen molar-refractivity contribution in [2.75, 3.05) is 19.8 Å². The van der Waals surface area contributed by atoms with Crippen molar-refractivity contribution in [1.82, 2.24) is 15.0 Å². The highest BCUT2D eigenvalue weighted by molar-refractivity contribution is 7.08. The van der Waals surface area contributed by atoms with Crippen LogP contribution >= 0.6 is 11.3 Å². The standard InChI is InChI=1S/C13H15N3O3S/c1-8-6-20-7-10(8)13(17)16-3-4-18-5-11(16)12-14-9(2)15-19-12/h6-7,11H,3-5H2,1-2H3. The van der Waals surface area contributed by atoms with E-state index in [0.29, 0.717) is 31.5 Å². The molecule has 0 radical (unpaired) electrons. The van der Waals surface area contributed by atoms with Crippen LogP contribution in [0.15, 0.2) is 15.3 Å². The summed E-state index contributed by atoms with van der Waals surface area (Å²) in [6.45, 7) is 5.14. The van der Waals surface area contributed by atoms with Gasteiger partial charge in [-0.1, -0.05) is 5.16 Å². The summed E-state index contributed by atoms with van der Waals surface area (Å²) in [5.74, 6) is 0.987. The summed E-state index contributed by atoms with van der Waals surface area (Å²) in [5, 5.41) is 7.64. The monoisotopic (exact) mass is 293 g/mol. The minimum atomic E-state index is -0.309. The smallest absolute Gasteiger partial charge is 0.255 e. The van der Waals surface area contributed by atoms with Crippen LogP contribution in [0.3, 0.4) is 0 Å². The first kappa shape index (κ1) is 13.3. The van der Waals surface area contributed by atoms with Crippen LogP contribution in [0.4, 0.5) is 0 Å². The number of hydrogen-bond acceptors (Lipinski definition) is 6. The van der Waals surface area contributed by atoms with Crippen molar-refractivity contribution < 1.29 is 14.1 Å². The molecule has 1 aliphatic heterocycles. The number of amides is 1. The summed E-state index contributed by atoms with van der Waals surface area (Å²) in [6.07, 6.45) is 0. The molecular weight excluding hydrogens is 278 g/mol. The Morgan fingerprint density at radius 2 is 2.30 bits per heavy atom. The van der Waals surface area contributed by atoms with E-state index in [0.717, 1.165) is 11.1 Å². The molecule has 3 rings (SSSR count). The largest absolute Gasteiger partial charge is 0.377 e. The van der Waals surface area contributed by atoms with E-state index >= 15 is 0 Å². The Morgan fingerprint density at radius 1 is 1.45 bits per heavy atom. The van der Waals surface area contributed by atoms with Gasteiger partial charge in [0.1, 0.15) is 6.04 Å². The molecule has 1 atom stereocenters. The molecule has 0 saturated carbocycles. The minimum Gasteiger partial charge on any atom is -0.377 e. The maximum absolute atomic E-state index is 12.7. The fraction of sp³-hybridized carbons (Fsp3) is 0.462. The van der Waals surface area contributed by atoms with E-state index in [1.165, 1.54) is 11.3 Å². The Hall–Kier alpha value is -1.73. The third kappa shape index (κ3) is 2.34. The summed E-state index contributed by atoms with van der Waals surface area (Å²) in [4.78, 5) is 18.6. The molecule has 2 aromatic rings. The number of hydrogen-bond donors (Lipinski definition) is 0. The second kappa shape index (κ2) is 5.34. The number of carbonyl (C=O) groups excluding carboxylic acids is 1. The van der Waals surface area contributed by atoms with E-state index in [2.05, 4.69) is 10.1 Å². The highest BCUT2D eigenvalue weighted by Crippen LogP contribution is 2.26. The van der Waals surface area contributed by atoms with Crippen LogP contribution in [0.25, 0.3) is 0 Å². The molecule has 0 spiro atoms. The molecule has 1 aliphatic rings. The van der Waals surface area contributed by atoms with Crippen molar-refractivity contribution in [2.45, 2.75) is 19.9 Å². The Kier molecular flexibility index (Phi) is 3.54. The summed E-state index contributed by atoms with van der Waals surface area (Å²) in [5.41, 5.74) is 1.73. The van der Waals surface area contributed by atoms with E-state index in [1.54, 1.807) is 11.8 Å². The van der Waals surface area contributed by atoms with Gasteiger partial charge >= 0.3 is 0 Å². The first-order chi connectivity index (χ1) is 9.66. The molecule has 1 saturated heterocycles. The average Bonchev–Trinajstić information content (AvgIpc) is 3.07. The lowest BCUT2D eigenvalue weighted by atomic mass is 10.1. The van der Waals surface area contributed by atoms with E-state index < -0.39 is 0 Å². The quantitative estimate of drug-likeness (QED) is 0.846. The highest BCUT2D eigenvalue weighted by atomic mass is 32.1. The van der Waals surface area contributed by atoms with Gasteiger partial charge < -0.3 is 14.2 Å². The molecule has 6 nitrogen and oxygen atoms in total. The second-order valence-electron chi connectivity index (χ2n) is 4.74. The van der Waals surface area contributed by atoms with Gasteiger partial charge in [0.05, 0.1) is 18.8 Å². The lowest BCUT2D eigenvalue weighted by molar-refractivity contribution is -0.0119. The normalized spacial score (nSPS) is 19.3. The minimum absolute atomic E-state index is 0.00657. The van der Waals surface area contributed by atoms with Crippen LogP contribution in [0.1, 0.15) is 33.7 Å². The predicted molar refractivity (Wildman–Crippen MR) is 72.7 cm³/mol. The molecule has 0 N–H and O–H groups in total. The van der Waals surface area contributed by atoms with E-state index in [1.807, 2.05) is 17.7 Å². The zero-order valence-corrected chi connectivity index (χ0v) is 12.1. The number of ether oxygens (including phenoxy) is 1. The SMILES string of the molecule is Cc1noc(C2COCCN2C(=O)c2cscc2C)n1. The zero-order chi connectivity index (χ0) is 14.1. The molecule has 0 bridgehead atoms. The third-order valence-electron chi connectivity index (χ3n) is 3.30. The second-order valence-corrected chi connectivity index (χ2v) is 5.48. The number of morpholine rings is 1. The number of aryl methyl sites for hydroxylation is 2. The number of thiophene rings is 1. The van der Waals surface area contributed by atoms with Gasteiger partial charge in [0.2, 0.25) is 0 Å². The van der Waals surface area contributed by atoms with Gasteiger partial charge in [0.25, 0.3) is 11.8 Å². The van der Waals surface area contributed by atoms with Crippen LogP contribution in [-0.2, 0) is 4.74 Å². The van der Waals surface area contributed by atoms with Gasteiger partial charge in [-0.15, -0.1) is 0 Å². The maximum Gasteiger partial charge on any atom is 0.255 e. The number of rotatable bonds is 2. The van der Waals surface area contributed by atoms with E-state index in [9.17, 15) is 4.79 Å². The van der Waals surface area contributed by atoms with Crippen molar-refractivity contribution in [2.24, 2.45) is 0 Å². The molecule has 20 heavy (non-hydrogen) atoms.